The molecule has 0 fully saturated rings. The van der Waals surface area contributed by atoms with E-state index in [9.17, 15) is 0 Å². The van der Waals surface area contributed by atoms with Crippen molar-refractivity contribution in [3.05, 3.63) is 23.4 Å². The van der Waals surface area contributed by atoms with E-state index < -0.39 is 0 Å². The summed E-state index contributed by atoms with van der Waals surface area (Å²) in [6.07, 6.45) is 2.41. The first-order valence-electron chi connectivity index (χ1n) is 5.92. The predicted octanol–water partition coefficient (Wildman–Crippen LogP) is 2.45. The third-order valence-corrected chi connectivity index (χ3v) is 2.44. The minimum atomic E-state index is 1.00. The number of hydrogen-bond acceptors (Lipinski definition) is 3. The second kappa shape index (κ2) is 6.48. The molecule has 1 aromatic heterocycles. The van der Waals surface area contributed by atoms with Crippen LogP contribution in [0.4, 0.5) is 5.82 Å². The summed E-state index contributed by atoms with van der Waals surface area (Å²) in [5, 5.41) is 3.37. The Hall–Kier alpha value is -1.09. The van der Waals surface area contributed by atoms with E-state index in [-0.39, 0.29) is 0 Å². The highest BCUT2D eigenvalue weighted by Crippen LogP contribution is 2.08. The Morgan fingerprint density at radius 2 is 1.94 bits per heavy atom. The Morgan fingerprint density at radius 1 is 1.19 bits per heavy atom. The van der Waals surface area contributed by atoms with Gasteiger partial charge in [0.1, 0.15) is 5.82 Å². The first-order valence-corrected chi connectivity index (χ1v) is 5.92. The van der Waals surface area contributed by atoms with Crippen molar-refractivity contribution in [3.8, 4) is 0 Å². The van der Waals surface area contributed by atoms with Crippen molar-refractivity contribution in [2.24, 2.45) is 0 Å². The lowest BCUT2D eigenvalue weighted by Crippen LogP contribution is -2.14. The average molecular weight is 221 g/mol. The molecule has 0 unspecified atom stereocenters. The predicted molar refractivity (Wildman–Crippen MR) is 70.0 cm³/mol. The molecule has 0 aliphatic rings. The maximum absolute atomic E-state index is 4.45. The van der Waals surface area contributed by atoms with Gasteiger partial charge in [-0.15, -0.1) is 0 Å². The first kappa shape index (κ1) is 13.0. The quantitative estimate of drug-likeness (QED) is 0.748. The molecule has 3 nitrogen and oxygen atoms in total. The van der Waals surface area contributed by atoms with Crippen molar-refractivity contribution in [2.45, 2.75) is 26.7 Å². The average Bonchev–Trinajstić information content (AvgIpc) is 2.15. The number of aryl methyl sites for hydroxylation is 2. The molecule has 0 atom stereocenters. The highest BCUT2D eigenvalue weighted by Gasteiger charge is 1.97. The molecule has 1 aromatic rings. The van der Waals surface area contributed by atoms with Gasteiger partial charge >= 0.3 is 0 Å². The van der Waals surface area contributed by atoms with E-state index in [1.165, 1.54) is 18.4 Å². The number of hydrogen-bond donors (Lipinski definition) is 1. The van der Waals surface area contributed by atoms with Gasteiger partial charge < -0.3 is 10.2 Å². The van der Waals surface area contributed by atoms with E-state index in [1.54, 1.807) is 0 Å². The third-order valence-electron chi connectivity index (χ3n) is 2.44. The molecule has 0 aromatic carbocycles. The lowest BCUT2D eigenvalue weighted by Gasteiger charge is -2.10. The van der Waals surface area contributed by atoms with Crippen molar-refractivity contribution in [1.82, 2.24) is 9.88 Å². The molecule has 0 aliphatic heterocycles. The highest BCUT2D eigenvalue weighted by atomic mass is 15.0. The standard InChI is InChI=1S/C13H23N3/c1-11-9-12(2)15-13(10-11)14-7-5-6-8-16(3)4/h9-10H,5-8H2,1-4H3,(H,14,15). The molecule has 0 bridgehead atoms. The molecule has 0 saturated carbocycles. The lowest BCUT2D eigenvalue weighted by atomic mass is 10.2. The Bertz CT molecular complexity index is 301. The molecule has 16 heavy (non-hydrogen) atoms. The first-order chi connectivity index (χ1) is 7.58. The number of unbranched alkanes of at least 4 members (excludes halogenated alkanes) is 1. The SMILES string of the molecule is Cc1cc(C)nc(NCCCCN(C)C)c1. The summed E-state index contributed by atoms with van der Waals surface area (Å²) in [4.78, 5) is 6.66. The normalized spacial score (nSPS) is 10.8. The molecule has 1 rings (SSSR count). The zero-order valence-corrected chi connectivity index (χ0v) is 10.9. The van der Waals surface area contributed by atoms with Crippen molar-refractivity contribution in [3.63, 3.8) is 0 Å². The van der Waals surface area contributed by atoms with Crippen LogP contribution in [0.3, 0.4) is 0 Å². The minimum absolute atomic E-state index is 1.00. The molecule has 1 heterocycles. The summed E-state index contributed by atoms with van der Waals surface area (Å²) in [5.41, 5.74) is 2.35. The van der Waals surface area contributed by atoms with Crippen molar-refractivity contribution < 1.29 is 0 Å². The van der Waals surface area contributed by atoms with Gasteiger partial charge in [-0.05, 0) is 65.0 Å². The van der Waals surface area contributed by atoms with E-state index in [2.05, 4.69) is 48.4 Å². The molecule has 0 amide bonds. The number of rotatable bonds is 6. The molecule has 0 radical (unpaired) electrons. The molecular formula is C13H23N3. The maximum Gasteiger partial charge on any atom is 0.126 e. The Labute approximate surface area is 98.9 Å². The molecule has 0 saturated heterocycles. The fraction of sp³-hybridized carbons (Fsp3) is 0.615. The fourth-order valence-electron chi connectivity index (χ4n) is 1.70. The Kier molecular flexibility index (Phi) is 5.26. The Morgan fingerprint density at radius 3 is 2.56 bits per heavy atom. The largest absolute Gasteiger partial charge is 0.370 e. The van der Waals surface area contributed by atoms with Crippen LogP contribution < -0.4 is 5.32 Å². The van der Waals surface area contributed by atoms with Crippen LogP contribution in [-0.4, -0.2) is 37.1 Å². The van der Waals surface area contributed by atoms with Crippen LogP contribution in [0, 0.1) is 13.8 Å². The fourth-order valence-corrected chi connectivity index (χ4v) is 1.70. The summed E-state index contributed by atoms with van der Waals surface area (Å²) in [6.45, 7) is 6.29. The number of pyridine rings is 1. The monoisotopic (exact) mass is 221 g/mol. The van der Waals surface area contributed by atoms with Crippen molar-refractivity contribution in [2.75, 3.05) is 32.5 Å². The smallest absolute Gasteiger partial charge is 0.126 e. The van der Waals surface area contributed by atoms with Gasteiger partial charge in [0.2, 0.25) is 0 Å². The van der Waals surface area contributed by atoms with Crippen LogP contribution >= 0.6 is 0 Å². The summed E-state index contributed by atoms with van der Waals surface area (Å²) in [7, 11) is 4.22. The van der Waals surface area contributed by atoms with E-state index in [0.717, 1.165) is 24.6 Å². The third kappa shape index (κ3) is 5.12. The zero-order chi connectivity index (χ0) is 12.0. The van der Waals surface area contributed by atoms with E-state index in [1.807, 2.05) is 6.92 Å². The van der Waals surface area contributed by atoms with Crippen molar-refractivity contribution >= 4 is 5.82 Å². The highest BCUT2D eigenvalue weighted by molar-refractivity contribution is 5.38. The molecule has 0 aliphatic carbocycles. The van der Waals surface area contributed by atoms with Gasteiger partial charge in [0.15, 0.2) is 0 Å². The summed E-state index contributed by atoms with van der Waals surface area (Å²) < 4.78 is 0. The van der Waals surface area contributed by atoms with Gasteiger partial charge in [0.25, 0.3) is 0 Å². The molecule has 3 heteroatoms. The van der Waals surface area contributed by atoms with Gasteiger partial charge in [0, 0.05) is 12.2 Å². The zero-order valence-electron chi connectivity index (χ0n) is 10.9. The minimum Gasteiger partial charge on any atom is -0.370 e. The van der Waals surface area contributed by atoms with Gasteiger partial charge in [-0.2, -0.15) is 0 Å². The second-order valence-corrected chi connectivity index (χ2v) is 4.61. The van der Waals surface area contributed by atoms with Crippen LogP contribution in [0.25, 0.3) is 0 Å². The van der Waals surface area contributed by atoms with Crippen molar-refractivity contribution in [1.29, 1.82) is 0 Å². The van der Waals surface area contributed by atoms with Gasteiger partial charge in [-0.3, -0.25) is 0 Å². The molecule has 90 valence electrons. The number of aromatic nitrogens is 1. The number of nitrogens with one attached hydrogen (secondary N) is 1. The van der Waals surface area contributed by atoms with E-state index in [4.69, 9.17) is 0 Å². The van der Waals surface area contributed by atoms with E-state index in [0.29, 0.717) is 0 Å². The molecular weight excluding hydrogens is 198 g/mol. The molecule has 0 spiro atoms. The van der Waals surface area contributed by atoms with Crippen LogP contribution in [0.5, 0.6) is 0 Å². The van der Waals surface area contributed by atoms with Gasteiger partial charge in [0.05, 0.1) is 0 Å². The summed E-state index contributed by atoms with van der Waals surface area (Å²) in [5.74, 6) is 1.00. The maximum atomic E-state index is 4.45. The topological polar surface area (TPSA) is 28.2 Å². The molecule has 1 N–H and O–H groups in total. The van der Waals surface area contributed by atoms with Crippen LogP contribution in [0.2, 0.25) is 0 Å². The van der Waals surface area contributed by atoms with Crippen LogP contribution in [-0.2, 0) is 0 Å². The van der Waals surface area contributed by atoms with Crippen LogP contribution in [0.1, 0.15) is 24.1 Å². The summed E-state index contributed by atoms with van der Waals surface area (Å²) in [6, 6.07) is 4.19. The number of nitrogens with zero attached hydrogens (tertiary/aromatic N) is 2. The van der Waals surface area contributed by atoms with Gasteiger partial charge in [-0.1, -0.05) is 0 Å². The second-order valence-electron chi connectivity index (χ2n) is 4.61. The van der Waals surface area contributed by atoms with Crippen LogP contribution in [0.15, 0.2) is 12.1 Å². The van der Waals surface area contributed by atoms with Gasteiger partial charge in [-0.25, -0.2) is 4.98 Å². The number of anilines is 1. The lowest BCUT2D eigenvalue weighted by molar-refractivity contribution is 0.396. The Balaban J connectivity index is 2.26. The summed E-state index contributed by atoms with van der Waals surface area (Å²) >= 11 is 0. The van der Waals surface area contributed by atoms with E-state index >= 15 is 0 Å².